The first-order valence-electron chi connectivity index (χ1n) is 9.44. The van der Waals surface area contributed by atoms with Crippen LogP contribution in [0.3, 0.4) is 0 Å². The molecule has 0 aliphatic heterocycles. The summed E-state index contributed by atoms with van der Waals surface area (Å²) in [6.07, 6.45) is 1.18. The van der Waals surface area contributed by atoms with Crippen LogP contribution >= 0.6 is 11.6 Å². The molecule has 2 N–H and O–H groups in total. The Morgan fingerprint density at radius 1 is 1.13 bits per heavy atom. The second-order valence-electron chi connectivity index (χ2n) is 6.58. The Hall–Kier alpha value is -3.01. The highest BCUT2D eigenvalue weighted by Gasteiger charge is 2.25. The van der Waals surface area contributed by atoms with Crippen LogP contribution in [-0.4, -0.2) is 40.3 Å². The number of aromatic carboxylic acids is 1. The fourth-order valence-electron chi connectivity index (χ4n) is 2.85. The van der Waals surface area contributed by atoms with Crippen molar-refractivity contribution in [3.63, 3.8) is 0 Å². The molecule has 31 heavy (non-hydrogen) atoms. The number of benzene rings is 2. The summed E-state index contributed by atoms with van der Waals surface area (Å²) in [5.74, 6) is -0.871. The van der Waals surface area contributed by atoms with Crippen LogP contribution < -0.4 is 5.32 Å². The van der Waals surface area contributed by atoms with Gasteiger partial charge >= 0.3 is 5.97 Å². The van der Waals surface area contributed by atoms with Crippen molar-refractivity contribution in [2.75, 3.05) is 11.9 Å². The molecule has 0 unspecified atom stereocenters. The monoisotopic (exact) mass is 460 g/mol. The molecule has 3 aromatic rings. The number of nitrogens with one attached hydrogen (secondary N) is 1. The van der Waals surface area contributed by atoms with Gasteiger partial charge in [0.25, 0.3) is 0 Å². The second-order valence-corrected chi connectivity index (χ2v) is 8.95. The summed E-state index contributed by atoms with van der Waals surface area (Å²) in [6, 6.07) is 15.3. The molecule has 8 nitrogen and oxygen atoms in total. The first kappa shape index (κ1) is 22.7. The van der Waals surface area contributed by atoms with Gasteiger partial charge < -0.3 is 10.4 Å². The van der Waals surface area contributed by atoms with Crippen molar-refractivity contribution in [1.29, 1.82) is 0 Å². The molecule has 0 aliphatic carbocycles. The van der Waals surface area contributed by atoms with Crippen molar-refractivity contribution < 1.29 is 18.3 Å². The molecule has 0 saturated carbocycles. The van der Waals surface area contributed by atoms with Crippen molar-refractivity contribution in [3.8, 4) is 0 Å². The minimum absolute atomic E-state index is 0.0942. The summed E-state index contributed by atoms with van der Waals surface area (Å²) >= 11 is 5.85. The quantitative estimate of drug-likeness (QED) is 0.501. The van der Waals surface area contributed by atoms with Crippen LogP contribution in [0.25, 0.3) is 0 Å². The Kier molecular flexibility index (Phi) is 7.21. The Morgan fingerprint density at radius 2 is 1.81 bits per heavy atom. The van der Waals surface area contributed by atoms with E-state index in [4.69, 9.17) is 11.6 Å². The maximum absolute atomic E-state index is 13.0. The first-order chi connectivity index (χ1) is 14.8. The number of anilines is 1. The highest BCUT2D eigenvalue weighted by atomic mass is 35.5. The van der Waals surface area contributed by atoms with Crippen molar-refractivity contribution in [2.45, 2.75) is 24.9 Å². The van der Waals surface area contributed by atoms with Gasteiger partial charge in [-0.1, -0.05) is 48.9 Å². The zero-order valence-electron chi connectivity index (χ0n) is 16.7. The van der Waals surface area contributed by atoms with E-state index in [1.54, 1.807) is 6.92 Å². The van der Waals surface area contributed by atoms with Crippen LogP contribution in [0.15, 0.2) is 65.7 Å². The minimum Gasteiger partial charge on any atom is -0.477 e. The van der Waals surface area contributed by atoms with E-state index < -0.39 is 16.0 Å². The molecule has 0 aliphatic rings. The SMILES string of the molecule is CCN(Cc1ncc(C(=O)O)c(NCc2ccccc2)n1)S(=O)(=O)c1ccc(Cl)cc1. The zero-order chi connectivity index (χ0) is 22.4. The topological polar surface area (TPSA) is 112 Å². The average molecular weight is 461 g/mol. The number of carbonyl (C=O) groups is 1. The summed E-state index contributed by atoms with van der Waals surface area (Å²) in [4.78, 5) is 20.0. The number of hydrogen-bond acceptors (Lipinski definition) is 6. The Morgan fingerprint density at radius 3 is 2.42 bits per heavy atom. The van der Waals surface area contributed by atoms with E-state index >= 15 is 0 Å². The van der Waals surface area contributed by atoms with Crippen molar-refractivity contribution in [3.05, 3.63) is 82.8 Å². The third-order valence-electron chi connectivity index (χ3n) is 4.49. The number of aromatic nitrogens is 2. The number of hydrogen-bond donors (Lipinski definition) is 2. The van der Waals surface area contributed by atoms with Crippen LogP contribution in [0.1, 0.15) is 28.7 Å². The molecule has 1 aromatic heterocycles. The van der Waals surface area contributed by atoms with E-state index in [-0.39, 0.29) is 35.2 Å². The van der Waals surface area contributed by atoms with Gasteiger partial charge in [-0.3, -0.25) is 0 Å². The summed E-state index contributed by atoms with van der Waals surface area (Å²) in [5, 5.41) is 12.9. The van der Waals surface area contributed by atoms with Crippen LogP contribution in [0.4, 0.5) is 5.82 Å². The van der Waals surface area contributed by atoms with E-state index in [9.17, 15) is 18.3 Å². The molecule has 0 bridgehead atoms. The van der Waals surface area contributed by atoms with E-state index in [2.05, 4.69) is 15.3 Å². The fraction of sp³-hybridized carbons (Fsp3) is 0.190. The number of rotatable bonds is 9. The highest BCUT2D eigenvalue weighted by molar-refractivity contribution is 7.89. The van der Waals surface area contributed by atoms with E-state index in [0.717, 1.165) is 5.56 Å². The summed E-state index contributed by atoms with van der Waals surface area (Å²) < 4.78 is 27.2. The Balaban J connectivity index is 1.85. The van der Waals surface area contributed by atoms with Crippen molar-refractivity contribution >= 4 is 33.4 Å². The highest BCUT2D eigenvalue weighted by Crippen LogP contribution is 2.21. The van der Waals surface area contributed by atoms with Gasteiger partial charge in [0.15, 0.2) is 0 Å². The van der Waals surface area contributed by atoms with Gasteiger partial charge in [-0.05, 0) is 29.8 Å². The molecular formula is C21H21ClN4O4S. The Bertz CT molecular complexity index is 1160. The van der Waals surface area contributed by atoms with E-state index in [0.29, 0.717) is 11.6 Å². The van der Waals surface area contributed by atoms with Gasteiger partial charge in [-0.25, -0.2) is 23.2 Å². The third-order valence-corrected chi connectivity index (χ3v) is 6.68. The molecule has 0 radical (unpaired) electrons. The largest absolute Gasteiger partial charge is 0.477 e. The predicted octanol–water partition coefficient (Wildman–Crippen LogP) is 3.65. The molecule has 0 saturated heterocycles. The maximum atomic E-state index is 13.0. The number of nitrogens with zero attached hydrogens (tertiary/aromatic N) is 3. The van der Waals surface area contributed by atoms with Crippen molar-refractivity contribution in [2.24, 2.45) is 0 Å². The van der Waals surface area contributed by atoms with Crippen LogP contribution in [0.2, 0.25) is 5.02 Å². The normalized spacial score (nSPS) is 11.5. The summed E-state index contributed by atoms with van der Waals surface area (Å²) in [7, 11) is -3.80. The third kappa shape index (κ3) is 5.57. The molecule has 10 heteroatoms. The lowest BCUT2D eigenvalue weighted by Gasteiger charge is -2.20. The standard InChI is InChI=1S/C21H21ClN4O4S/c1-2-26(31(29,30)17-10-8-16(22)9-11-17)14-19-23-13-18(21(27)28)20(25-19)24-12-15-6-4-3-5-7-15/h3-11,13H,2,12,14H2,1H3,(H,27,28)(H,23,24,25). The van der Waals surface area contributed by atoms with E-state index in [1.807, 2.05) is 30.3 Å². The number of carboxylic acids is 1. The molecule has 0 atom stereocenters. The second kappa shape index (κ2) is 9.86. The summed E-state index contributed by atoms with van der Waals surface area (Å²) in [5.41, 5.74) is 0.850. The molecule has 1 heterocycles. The van der Waals surface area contributed by atoms with Gasteiger partial charge in [0, 0.05) is 24.3 Å². The predicted molar refractivity (Wildman–Crippen MR) is 117 cm³/mol. The fourth-order valence-corrected chi connectivity index (χ4v) is 4.38. The van der Waals surface area contributed by atoms with E-state index in [1.165, 1.54) is 34.8 Å². The smallest absolute Gasteiger partial charge is 0.341 e. The molecule has 162 valence electrons. The number of carboxylic acid groups (broad SMARTS) is 1. The van der Waals surface area contributed by atoms with Gasteiger partial charge in [-0.15, -0.1) is 0 Å². The molecule has 3 rings (SSSR count). The lowest BCUT2D eigenvalue weighted by Crippen LogP contribution is -2.31. The van der Waals surface area contributed by atoms with Gasteiger partial charge in [0.1, 0.15) is 17.2 Å². The van der Waals surface area contributed by atoms with Gasteiger partial charge in [0.2, 0.25) is 10.0 Å². The lowest BCUT2D eigenvalue weighted by atomic mass is 10.2. The average Bonchev–Trinajstić information content (AvgIpc) is 2.76. The molecule has 0 spiro atoms. The Labute approximate surface area is 185 Å². The molecule has 2 aromatic carbocycles. The summed E-state index contributed by atoms with van der Waals surface area (Å²) in [6.45, 7) is 2.13. The van der Waals surface area contributed by atoms with Crippen LogP contribution in [-0.2, 0) is 23.1 Å². The van der Waals surface area contributed by atoms with Gasteiger partial charge in [0.05, 0.1) is 11.4 Å². The minimum atomic E-state index is -3.80. The number of sulfonamides is 1. The molecular weight excluding hydrogens is 440 g/mol. The van der Waals surface area contributed by atoms with Crippen LogP contribution in [0.5, 0.6) is 0 Å². The van der Waals surface area contributed by atoms with Gasteiger partial charge in [-0.2, -0.15) is 4.31 Å². The molecule has 0 amide bonds. The zero-order valence-corrected chi connectivity index (χ0v) is 18.3. The lowest BCUT2D eigenvalue weighted by molar-refractivity contribution is 0.0697. The maximum Gasteiger partial charge on any atom is 0.341 e. The first-order valence-corrected chi connectivity index (χ1v) is 11.3. The molecule has 0 fully saturated rings. The van der Waals surface area contributed by atoms with Crippen molar-refractivity contribution in [1.82, 2.24) is 14.3 Å². The number of halogens is 1. The van der Waals surface area contributed by atoms with Crippen LogP contribution in [0, 0.1) is 0 Å².